The number of carbonyl (C=O) groups excluding carboxylic acids is 2. The minimum absolute atomic E-state index is 0.00885. The van der Waals surface area contributed by atoms with Crippen LogP contribution in [0.3, 0.4) is 0 Å². The van der Waals surface area contributed by atoms with Gasteiger partial charge in [0.2, 0.25) is 11.8 Å². The molecule has 2 heterocycles. The Bertz CT molecular complexity index is 1600. The monoisotopic (exact) mass is 629 g/mol. The lowest BCUT2D eigenvalue weighted by Gasteiger charge is -2.18. The summed E-state index contributed by atoms with van der Waals surface area (Å²) in [5.74, 6) is -1.60. The molecule has 4 aromatic rings. The van der Waals surface area contributed by atoms with Crippen LogP contribution in [0.25, 0.3) is 16.9 Å². The number of hydrogen-bond donors (Lipinski definition) is 4. The predicted octanol–water partition coefficient (Wildman–Crippen LogP) is 1.60. The number of pyridine rings is 1. The number of rotatable bonds is 13. The van der Waals surface area contributed by atoms with E-state index in [-0.39, 0.29) is 70.9 Å². The molecule has 0 saturated carbocycles. The number of nitrogens with zero attached hydrogens (tertiary/aromatic N) is 3. The number of aliphatic hydroxyl groups is 2. The number of primary amides is 1. The van der Waals surface area contributed by atoms with Crippen molar-refractivity contribution in [2.75, 3.05) is 13.2 Å². The zero-order chi connectivity index (χ0) is 31.1. The maximum Gasteiger partial charge on any atom is 0.265 e. The van der Waals surface area contributed by atoms with Gasteiger partial charge in [-0.05, 0) is 29.8 Å². The van der Waals surface area contributed by atoms with E-state index >= 15 is 0 Å². The molecule has 0 spiro atoms. The maximum absolute atomic E-state index is 13.7. The Morgan fingerprint density at radius 3 is 2.47 bits per heavy atom. The maximum atomic E-state index is 13.7. The van der Waals surface area contributed by atoms with Crippen molar-refractivity contribution in [3.8, 4) is 22.8 Å². The van der Waals surface area contributed by atoms with Gasteiger partial charge in [-0.15, -0.1) is 0 Å². The summed E-state index contributed by atoms with van der Waals surface area (Å²) >= 11 is 12.3. The van der Waals surface area contributed by atoms with Crippen molar-refractivity contribution >= 4 is 35.0 Å². The number of carbonyl (C=O) groups is 2. The summed E-state index contributed by atoms with van der Waals surface area (Å²) in [4.78, 5) is 25.2. The molecule has 5 N–H and O–H groups in total. The van der Waals surface area contributed by atoms with Gasteiger partial charge in [0.1, 0.15) is 23.4 Å². The molecule has 14 heteroatoms. The lowest BCUT2D eigenvalue weighted by molar-refractivity contribution is -0.674. The fourth-order valence-corrected chi connectivity index (χ4v) is 4.76. The zero-order valence-corrected chi connectivity index (χ0v) is 24.2. The van der Waals surface area contributed by atoms with Crippen molar-refractivity contribution in [3.05, 3.63) is 105 Å². The van der Waals surface area contributed by atoms with Crippen LogP contribution in [0.2, 0.25) is 10.0 Å². The predicted molar refractivity (Wildman–Crippen MR) is 157 cm³/mol. The third-order valence-corrected chi connectivity index (χ3v) is 7.28. The number of halogens is 2. The normalized spacial score (nSPS) is 12.5. The molecule has 0 aliphatic carbocycles. The molecule has 0 unspecified atom stereocenters. The van der Waals surface area contributed by atoms with E-state index < -0.39 is 24.0 Å². The molecular formula is C29H29Cl2N5O7. The highest BCUT2D eigenvalue weighted by atomic mass is 35.5. The van der Waals surface area contributed by atoms with Gasteiger partial charge in [-0.3, -0.25) is 9.59 Å². The quantitative estimate of drug-likeness (QED) is 0.128. The van der Waals surface area contributed by atoms with Gasteiger partial charge in [-0.25, -0.2) is 0 Å². The molecule has 2 atom stereocenters. The van der Waals surface area contributed by atoms with Gasteiger partial charge >= 0.3 is 0 Å². The lowest BCUT2D eigenvalue weighted by Crippen LogP contribution is -2.49. The van der Waals surface area contributed by atoms with Gasteiger partial charge in [-0.2, -0.15) is 4.73 Å². The number of nitrogens with two attached hydrogens (primary N) is 1. The average Bonchev–Trinajstić information content (AvgIpc) is 3.25. The Kier molecular flexibility index (Phi) is 10.4. The molecule has 0 aliphatic heterocycles. The highest BCUT2D eigenvalue weighted by molar-refractivity contribution is 6.42. The summed E-state index contributed by atoms with van der Waals surface area (Å²) in [6.07, 6.45) is 0.756. The van der Waals surface area contributed by atoms with E-state index in [0.29, 0.717) is 9.58 Å². The number of benzene rings is 2. The molecule has 0 aliphatic rings. The Balaban J connectivity index is 1.60. The Morgan fingerprint density at radius 1 is 1.07 bits per heavy atom. The van der Waals surface area contributed by atoms with Crippen molar-refractivity contribution in [2.24, 2.45) is 5.73 Å². The minimum Gasteiger partial charge on any atom is -0.619 e. The first-order valence-corrected chi connectivity index (χ1v) is 13.9. The smallest absolute Gasteiger partial charge is 0.265 e. The SMILES string of the molecule is NC(=O)[C@H](Cc1ccccc1)NC(=O)[C@@H](O)CCOc1c(CCO)c(-c2ccc[n+]([O-])c2)[n+]([O-])n1-c1ccc(Cl)c(Cl)c1. The molecule has 0 radical (unpaired) electrons. The molecule has 4 rings (SSSR count). The van der Waals surface area contributed by atoms with E-state index in [0.717, 1.165) is 10.2 Å². The van der Waals surface area contributed by atoms with Crippen LogP contribution in [0.1, 0.15) is 17.5 Å². The zero-order valence-electron chi connectivity index (χ0n) is 22.7. The summed E-state index contributed by atoms with van der Waals surface area (Å²) < 4.78 is 7.63. The van der Waals surface area contributed by atoms with Crippen LogP contribution in [-0.2, 0) is 22.4 Å². The molecule has 0 saturated heterocycles. The van der Waals surface area contributed by atoms with Gasteiger partial charge in [0.15, 0.2) is 12.4 Å². The van der Waals surface area contributed by atoms with Crippen molar-refractivity contribution in [1.82, 2.24) is 10.00 Å². The van der Waals surface area contributed by atoms with E-state index in [1.807, 2.05) is 6.07 Å². The van der Waals surface area contributed by atoms with E-state index in [4.69, 9.17) is 33.7 Å². The van der Waals surface area contributed by atoms with Gasteiger partial charge < -0.3 is 36.4 Å². The topological polar surface area (TPSA) is 181 Å². The molecule has 226 valence electrons. The standard InChI is InChI=1S/C29H29Cl2N5O7/c30-22-9-8-20(16-23(22)31)35-29(21(10-13-37)26(36(35)42)19-7-4-12-34(41)17-19)43-14-11-25(38)28(40)33-24(27(32)39)15-18-5-2-1-3-6-18/h1-9,12,16-17,24-25,37-38H,10-11,13-15H2,(H2,32,39)(H,33,40)/t24-,25-/m0/s1. The van der Waals surface area contributed by atoms with Crippen LogP contribution in [0.4, 0.5) is 0 Å². The van der Waals surface area contributed by atoms with Crippen LogP contribution in [0.5, 0.6) is 5.88 Å². The molecule has 2 aromatic heterocycles. The summed E-state index contributed by atoms with van der Waals surface area (Å²) in [6, 6.07) is 15.4. The summed E-state index contributed by atoms with van der Waals surface area (Å²) in [5, 5.41) is 49.0. The van der Waals surface area contributed by atoms with E-state index in [9.17, 15) is 30.2 Å². The van der Waals surface area contributed by atoms with Gasteiger partial charge in [0.05, 0.1) is 22.2 Å². The van der Waals surface area contributed by atoms with Crippen molar-refractivity contribution < 1.29 is 34.1 Å². The Labute approximate surface area is 256 Å². The largest absolute Gasteiger partial charge is 0.619 e. The number of amides is 2. The van der Waals surface area contributed by atoms with Crippen LogP contribution in [0.15, 0.2) is 73.1 Å². The van der Waals surface area contributed by atoms with Gasteiger partial charge in [0, 0.05) is 31.9 Å². The molecule has 43 heavy (non-hydrogen) atoms. The van der Waals surface area contributed by atoms with Crippen LogP contribution in [-0.4, -0.2) is 52.1 Å². The molecule has 0 bridgehead atoms. The van der Waals surface area contributed by atoms with E-state index in [1.165, 1.54) is 36.7 Å². The summed E-state index contributed by atoms with van der Waals surface area (Å²) in [6.45, 7) is -0.617. The molecule has 0 fully saturated rings. The molecule has 12 nitrogen and oxygen atoms in total. The fraction of sp³-hybridized carbons (Fsp3) is 0.241. The first-order valence-electron chi connectivity index (χ1n) is 13.2. The van der Waals surface area contributed by atoms with Crippen LogP contribution < -0.4 is 25.4 Å². The Morgan fingerprint density at radius 2 is 1.81 bits per heavy atom. The molecular weight excluding hydrogens is 601 g/mol. The molecule has 2 amide bonds. The van der Waals surface area contributed by atoms with Crippen molar-refractivity contribution in [2.45, 2.75) is 31.4 Å². The second-order valence-corrected chi connectivity index (χ2v) is 10.4. The third-order valence-electron chi connectivity index (χ3n) is 6.54. The second-order valence-electron chi connectivity index (χ2n) is 9.55. The minimum atomic E-state index is -1.58. The first kappa shape index (κ1) is 31.6. The first-order chi connectivity index (χ1) is 20.6. The second kappa shape index (κ2) is 14.2. The van der Waals surface area contributed by atoms with Crippen molar-refractivity contribution in [3.63, 3.8) is 0 Å². The number of ether oxygens (including phenoxy) is 1. The average molecular weight is 630 g/mol. The van der Waals surface area contributed by atoms with E-state index in [1.54, 1.807) is 30.3 Å². The number of hydrogen-bond acceptors (Lipinski definition) is 7. The summed E-state index contributed by atoms with van der Waals surface area (Å²) in [5.41, 5.74) is 7.07. The van der Waals surface area contributed by atoms with Crippen LogP contribution in [0, 0.1) is 10.4 Å². The third kappa shape index (κ3) is 7.54. The number of nitrogens with one attached hydrogen (secondary N) is 1. The highest BCUT2D eigenvalue weighted by Crippen LogP contribution is 2.33. The molecule has 2 aromatic carbocycles. The van der Waals surface area contributed by atoms with E-state index in [2.05, 4.69) is 5.32 Å². The lowest BCUT2D eigenvalue weighted by atomic mass is 10.1. The van der Waals surface area contributed by atoms with Crippen molar-refractivity contribution in [1.29, 1.82) is 0 Å². The fourth-order valence-electron chi connectivity index (χ4n) is 4.47. The number of aromatic nitrogens is 3. The van der Waals surface area contributed by atoms with Gasteiger partial charge in [-0.1, -0.05) is 63.1 Å². The summed E-state index contributed by atoms with van der Waals surface area (Å²) in [7, 11) is 0. The van der Waals surface area contributed by atoms with Gasteiger partial charge in [0.25, 0.3) is 11.6 Å². The van der Waals surface area contributed by atoms with Crippen LogP contribution >= 0.6 is 23.2 Å². The number of aliphatic hydroxyl groups excluding tert-OH is 2. The highest BCUT2D eigenvalue weighted by Gasteiger charge is 2.33. The Hall–Kier alpha value is -4.36.